The van der Waals surface area contributed by atoms with Crippen LogP contribution in [0.4, 0.5) is 5.82 Å². The Balaban J connectivity index is 2.27. The molecule has 0 saturated carbocycles. The molecule has 92 valence electrons. The van der Waals surface area contributed by atoms with Crippen molar-refractivity contribution in [3.63, 3.8) is 0 Å². The molecule has 0 bridgehead atoms. The van der Waals surface area contributed by atoms with E-state index in [1.165, 1.54) is 12.8 Å². The average molecular weight is 249 g/mol. The van der Waals surface area contributed by atoms with Crippen molar-refractivity contribution in [2.75, 3.05) is 11.4 Å². The lowest BCUT2D eigenvalue weighted by atomic mass is 10.0. The smallest absolute Gasteiger partial charge is 0.129 e. The van der Waals surface area contributed by atoms with Crippen LogP contribution in [0.15, 0.2) is 18.3 Å². The van der Waals surface area contributed by atoms with Crippen molar-refractivity contribution < 1.29 is 0 Å². The van der Waals surface area contributed by atoms with Crippen molar-refractivity contribution >= 4 is 23.0 Å². The van der Waals surface area contributed by atoms with E-state index in [-0.39, 0.29) is 0 Å². The third kappa shape index (κ3) is 2.57. The largest absolute Gasteiger partial charge is 0.389 e. The van der Waals surface area contributed by atoms with E-state index in [1.807, 2.05) is 12.1 Å². The number of anilines is 1. The van der Waals surface area contributed by atoms with Gasteiger partial charge in [-0.3, -0.25) is 0 Å². The number of hydrogen-bond acceptors (Lipinski definition) is 3. The van der Waals surface area contributed by atoms with Gasteiger partial charge in [0, 0.05) is 24.3 Å². The van der Waals surface area contributed by atoms with E-state index in [0.29, 0.717) is 16.9 Å². The molecule has 2 rings (SSSR count). The Bertz CT molecular complexity index is 417. The predicted octanol–water partition coefficient (Wildman–Crippen LogP) is 2.34. The molecule has 1 fully saturated rings. The number of aromatic nitrogens is 1. The SMILES string of the molecule is CC(C)C1CCCN1c1cc(C(N)=S)ccn1. The molecule has 2 heterocycles. The summed E-state index contributed by atoms with van der Waals surface area (Å²) in [7, 11) is 0. The minimum atomic E-state index is 0.439. The van der Waals surface area contributed by atoms with Crippen LogP contribution in [-0.4, -0.2) is 22.6 Å². The predicted molar refractivity (Wildman–Crippen MR) is 75.3 cm³/mol. The molecule has 1 aromatic heterocycles. The molecule has 1 aliphatic heterocycles. The fourth-order valence-corrected chi connectivity index (χ4v) is 2.63. The quantitative estimate of drug-likeness (QED) is 0.835. The molecule has 0 aromatic carbocycles. The van der Waals surface area contributed by atoms with Gasteiger partial charge in [0.25, 0.3) is 0 Å². The summed E-state index contributed by atoms with van der Waals surface area (Å²) < 4.78 is 0. The highest BCUT2D eigenvalue weighted by molar-refractivity contribution is 7.80. The van der Waals surface area contributed by atoms with Gasteiger partial charge in [0.05, 0.1) is 0 Å². The zero-order chi connectivity index (χ0) is 12.4. The Morgan fingerprint density at radius 2 is 2.35 bits per heavy atom. The first-order valence-corrected chi connectivity index (χ1v) is 6.53. The minimum absolute atomic E-state index is 0.439. The zero-order valence-electron chi connectivity index (χ0n) is 10.4. The molecule has 0 aliphatic carbocycles. The lowest BCUT2D eigenvalue weighted by Crippen LogP contribution is -2.34. The molecule has 1 atom stereocenters. The Labute approximate surface area is 108 Å². The number of hydrogen-bond donors (Lipinski definition) is 1. The van der Waals surface area contributed by atoms with E-state index in [0.717, 1.165) is 17.9 Å². The first-order chi connectivity index (χ1) is 8.09. The molecule has 4 heteroatoms. The monoisotopic (exact) mass is 249 g/mol. The van der Waals surface area contributed by atoms with Crippen molar-refractivity contribution in [1.82, 2.24) is 4.98 Å². The Morgan fingerprint density at radius 1 is 1.59 bits per heavy atom. The number of rotatable bonds is 3. The minimum Gasteiger partial charge on any atom is -0.389 e. The van der Waals surface area contributed by atoms with E-state index in [4.69, 9.17) is 18.0 Å². The first-order valence-electron chi connectivity index (χ1n) is 6.12. The Morgan fingerprint density at radius 3 is 3.00 bits per heavy atom. The van der Waals surface area contributed by atoms with E-state index < -0.39 is 0 Å². The summed E-state index contributed by atoms with van der Waals surface area (Å²) in [5, 5.41) is 0. The third-order valence-electron chi connectivity index (χ3n) is 3.39. The molecule has 1 unspecified atom stereocenters. The highest BCUT2D eigenvalue weighted by Gasteiger charge is 2.28. The highest BCUT2D eigenvalue weighted by Crippen LogP contribution is 2.28. The summed E-state index contributed by atoms with van der Waals surface area (Å²) in [6.45, 7) is 5.61. The van der Waals surface area contributed by atoms with Gasteiger partial charge >= 0.3 is 0 Å². The first kappa shape index (κ1) is 12.3. The Kier molecular flexibility index (Phi) is 3.62. The molecule has 3 nitrogen and oxygen atoms in total. The fourth-order valence-electron chi connectivity index (χ4n) is 2.50. The van der Waals surface area contributed by atoms with Crippen LogP contribution in [0, 0.1) is 5.92 Å². The standard InChI is InChI=1S/C13H19N3S/c1-9(2)11-4-3-7-16(11)12-8-10(13(14)17)5-6-15-12/h5-6,8-9,11H,3-4,7H2,1-2H3,(H2,14,17). The highest BCUT2D eigenvalue weighted by atomic mass is 32.1. The molecule has 0 radical (unpaired) electrons. The van der Waals surface area contributed by atoms with Crippen molar-refractivity contribution in [1.29, 1.82) is 0 Å². The average Bonchev–Trinajstić information content (AvgIpc) is 2.78. The van der Waals surface area contributed by atoms with Crippen LogP contribution in [-0.2, 0) is 0 Å². The van der Waals surface area contributed by atoms with Gasteiger partial charge in [-0.25, -0.2) is 4.98 Å². The fraction of sp³-hybridized carbons (Fsp3) is 0.538. The van der Waals surface area contributed by atoms with Gasteiger partial charge in [-0.1, -0.05) is 26.1 Å². The van der Waals surface area contributed by atoms with Crippen molar-refractivity contribution in [2.24, 2.45) is 11.7 Å². The molecule has 0 spiro atoms. The van der Waals surface area contributed by atoms with Crippen LogP contribution in [0.2, 0.25) is 0 Å². The van der Waals surface area contributed by atoms with Crippen LogP contribution < -0.4 is 10.6 Å². The van der Waals surface area contributed by atoms with Gasteiger partial charge in [0.15, 0.2) is 0 Å². The van der Waals surface area contributed by atoms with Crippen LogP contribution in [0.25, 0.3) is 0 Å². The van der Waals surface area contributed by atoms with E-state index >= 15 is 0 Å². The lowest BCUT2D eigenvalue weighted by molar-refractivity contribution is 0.489. The van der Waals surface area contributed by atoms with Gasteiger partial charge in [-0.05, 0) is 30.9 Å². The van der Waals surface area contributed by atoms with E-state index in [1.54, 1.807) is 6.20 Å². The molecule has 1 saturated heterocycles. The maximum atomic E-state index is 5.66. The number of thiocarbonyl (C=S) groups is 1. The molecule has 17 heavy (non-hydrogen) atoms. The second kappa shape index (κ2) is 5.00. The summed E-state index contributed by atoms with van der Waals surface area (Å²) in [5.41, 5.74) is 6.56. The second-order valence-electron chi connectivity index (χ2n) is 4.91. The van der Waals surface area contributed by atoms with Crippen LogP contribution >= 0.6 is 12.2 Å². The summed E-state index contributed by atoms with van der Waals surface area (Å²) in [6.07, 6.45) is 4.28. The molecular weight excluding hydrogens is 230 g/mol. The van der Waals surface area contributed by atoms with Gasteiger partial charge in [-0.15, -0.1) is 0 Å². The zero-order valence-corrected chi connectivity index (χ0v) is 11.2. The second-order valence-corrected chi connectivity index (χ2v) is 5.35. The summed E-state index contributed by atoms with van der Waals surface area (Å²) in [4.78, 5) is 7.27. The van der Waals surface area contributed by atoms with Crippen molar-refractivity contribution in [3.05, 3.63) is 23.9 Å². The Hall–Kier alpha value is -1.16. The summed E-state index contributed by atoms with van der Waals surface area (Å²) in [5.74, 6) is 1.65. The number of pyridine rings is 1. The van der Waals surface area contributed by atoms with Crippen LogP contribution in [0.1, 0.15) is 32.3 Å². The summed E-state index contributed by atoms with van der Waals surface area (Å²) in [6, 6.07) is 4.46. The topological polar surface area (TPSA) is 42.1 Å². The number of nitrogens with zero attached hydrogens (tertiary/aromatic N) is 2. The van der Waals surface area contributed by atoms with Crippen LogP contribution in [0.3, 0.4) is 0 Å². The third-order valence-corrected chi connectivity index (χ3v) is 3.63. The lowest BCUT2D eigenvalue weighted by Gasteiger charge is -2.28. The summed E-state index contributed by atoms with van der Waals surface area (Å²) >= 11 is 5.01. The molecule has 1 aromatic rings. The van der Waals surface area contributed by atoms with E-state index in [2.05, 4.69) is 23.7 Å². The van der Waals surface area contributed by atoms with Gasteiger partial charge in [0.2, 0.25) is 0 Å². The van der Waals surface area contributed by atoms with E-state index in [9.17, 15) is 0 Å². The molecule has 0 amide bonds. The maximum absolute atomic E-state index is 5.66. The molecule has 1 aliphatic rings. The van der Waals surface area contributed by atoms with Crippen LogP contribution in [0.5, 0.6) is 0 Å². The van der Waals surface area contributed by atoms with Crippen molar-refractivity contribution in [2.45, 2.75) is 32.7 Å². The number of nitrogens with two attached hydrogens (primary N) is 1. The van der Waals surface area contributed by atoms with Crippen molar-refractivity contribution in [3.8, 4) is 0 Å². The van der Waals surface area contributed by atoms with Gasteiger partial charge in [-0.2, -0.15) is 0 Å². The maximum Gasteiger partial charge on any atom is 0.129 e. The van der Waals surface area contributed by atoms with Gasteiger partial charge < -0.3 is 10.6 Å². The normalized spacial score (nSPS) is 19.9. The molecule has 2 N–H and O–H groups in total. The molecular formula is C13H19N3S. The van der Waals surface area contributed by atoms with Gasteiger partial charge in [0.1, 0.15) is 10.8 Å².